The Morgan fingerprint density at radius 3 is 1.30 bits per heavy atom. The Kier molecular flexibility index (Phi) is 7.88. The van der Waals surface area contributed by atoms with Crippen LogP contribution >= 0.6 is 0 Å². The fourth-order valence-electron chi connectivity index (χ4n) is 3.40. The first-order valence-electron chi connectivity index (χ1n) is 11.1. The van der Waals surface area contributed by atoms with Crippen molar-refractivity contribution in [3.8, 4) is 23.0 Å². The molecule has 0 N–H and O–H groups in total. The SMILES string of the molecule is CCCc1nnc(-c2cccc(-c3nnc(CCC)c(CCC)n3)n2)nc1CCC. The van der Waals surface area contributed by atoms with Gasteiger partial charge < -0.3 is 0 Å². The van der Waals surface area contributed by atoms with E-state index in [-0.39, 0.29) is 0 Å². The number of nitrogens with zero attached hydrogens (tertiary/aromatic N) is 7. The zero-order chi connectivity index (χ0) is 21.3. The summed E-state index contributed by atoms with van der Waals surface area (Å²) in [6, 6.07) is 5.74. The summed E-state index contributed by atoms with van der Waals surface area (Å²) in [4.78, 5) is 14.3. The first-order valence-corrected chi connectivity index (χ1v) is 11.1. The van der Waals surface area contributed by atoms with Crippen molar-refractivity contribution >= 4 is 0 Å². The van der Waals surface area contributed by atoms with Crippen molar-refractivity contribution in [1.29, 1.82) is 0 Å². The topological polar surface area (TPSA) is 90.2 Å². The summed E-state index contributed by atoms with van der Waals surface area (Å²) in [6.45, 7) is 8.58. The van der Waals surface area contributed by atoms with Gasteiger partial charge in [-0.3, -0.25) is 0 Å². The minimum atomic E-state index is 0.546. The Labute approximate surface area is 178 Å². The van der Waals surface area contributed by atoms with Crippen LogP contribution in [-0.2, 0) is 25.7 Å². The molecule has 0 aliphatic heterocycles. The highest BCUT2D eigenvalue weighted by Gasteiger charge is 2.14. The summed E-state index contributed by atoms with van der Waals surface area (Å²) in [6.07, 6.45) is 7.67. The molecular formula is C23H31N7. The van der Waals surface area contributed by atoms with Crippen LogP contribution in [0.2, 0.25) is 0 Å². The zero-order valence-electron chi connectivity index (χ0n) is 18.5. The molecule has 0 aromatic carbocycles. The van der Waals surface area contributed by atoms with E-state index < -0.39 is 0 Å². The first kappa shape index (κ1) is 21.9. The summed E-state index contributed by atoms with van der Waals surface area (Å²) >= 11 is 0. The van der Waals surface area contributed by atoms with E-state index in [1.54, 1.807) is 0 Å². The number of hydrogen-bond donors (Lipinski definition) is 0. The lowest BCUT2D eigenvalue weighted by atomic mass is 10.1. The Morgan fingerprint density at radius 2 is 0.900 bits per heavy atom. The Balaban J connectivity index is 1.97. The van der Waals surface area contributed by atoms with Crippen molar-refractivity contribution in [1.82, 2.24) is 35.3 Å². The monoisotopic (exact) mass is 405 g/mol. The van der Waals surface area contributed by atoms with Crippen molar-refractivity contribution < 1.29 is 0 Å². The molecule has 0 spiro atoms. The van der Waals surface area contributed by atoms with Crippen molar-refractivity contribution in [3.05, 3.63) is 41.0 Å². The van der Waals surface area contributed by atoms with Gasteiger partial charge in [-0.25, -0.2) is 15.0 Å². The minimum absolute atomic E-state index is 0.546. The lowest BCUT2D eigenvalue weighted by molar-refractivity contribution is 0.755. The summed E-state index contributed by atoms with van der Waals surface area (Å²) in [5.41, 5.74) is 5.37. The molecular weight excluding hydrogens is 374 g/mol. The molecule has 7 heteroatoms. The van der Waals surface area contributed by atoms with Gasteiger partial charge in [-0.15, -0.1) is 10.2 Å². The van der Waals surface area contributed by atoms with Crippen LogP contribution in [0, 0.1) is 0 Å². The van der Waals surface area contributed by atoms with Gasteiger partial charge in [0.05, 0.1) is 22.8 Å². The Hall–Kier alpha value is -2.83. The molecule has 0 saturated heterocycles. The maximum atomic E-state index is 4.78. The maximum Gasteiger partial charge on any atom is 0.200 e. The molecule has 0 unspecified atom stereocenters. The quantitative estimate of drug-likeness (QED) is 0.487. The van der Waals surface area contributed by atoms with E-state index in [9.17, 15) is 0 Å². The largest absolute Gasteiger partial charge is 0.241 e. The standard InChI is InChI=1S/C23H31N7/c1-5-10-16-18(12-7-3)27-29-22(25-16)20-14-9-15-21(24-20)23-26-17(11-6-2)19(13-8-4)28-30-23/h9,14-15H,5-8,10-13H2,1-4H3. The molecule has 0 amide bonds. The van der Waals surface area contributed by atoms with Gasteiger partial charge in [0, 0.05) is 0 Å². The lowest BCUT2D eigenvalue weighted by Gasteiger charge is -2.09. The zero-order valence-corrected chi connectivity index (χ0v) is 18.5. The second kappa shape index (κ2) is 10.8. The third-order valence-corrected chi connectivity index (χ3v) is 4.83. The van der Waals surface area contributed by atoms with E-state index in [2.05, 4.69) is 48.1 Å². The molecule has 3 aromatic heterocycles. The van der Waals surface area contributed by atoms with Gasteiger partial charge in [-0.2, -0.15) is 10.2 Å². The molecule has 158 valence electrons. The second-order valence-electron chi connectivity index (χ2n) is 7.47. The molecule has 0 atom stereocenters. The molecule has 3 rings (SSSR count). The molecule has 3 heterocycles. The predicted molar refractivity (Wildman–Crippen MR) is 118 cm³/mol. The van der Waals surface area contributed by atoms with Crippen LogP contribution in [0.25, 0.3) is 23.0 Å². The molecule has 0 aliphatic rings. The van der Waals surface area contributed by atoms with Crippen LogP contribution in [0.1, 0.15) is 76.2 Å². The van der Waals surface area contributed by atoms with Crippen molar-refractivity contribution in [3.63, 3.8) is 0 Å². The predicted octanol–water partition coefficient (Wildman–Crippen LogP) is 4.60. The summed E-state index contributed by atoms with van der Waals surface area (Å²) < 4.78 is 0. The molecule has 3 aromatic rings. The van der Waals surface area contributed by atoms with Crippen LogP contribution in [0.3, 0.4) is 0 Å². The summed E-state index contributed by atoms with van der Waals surface area (Å²) in [5, 5.41) is 17.6. The highest BCUT2D eigenvalue weighted by atomic mass is 15.2. The average molecular weight is 406 g/mol. The van der Waals surface area contributed by atoms with Gasteiger partial charge in [0.1, 0.15) is 11.4 Å². The van der Waals surface area contributed by atoms with E-state index in [0.29, 0.717) is 23.0 Å². The summed E-state index contributed by atoms with van der Waals surface area (Å²) in [5.74, 6) is 1.09. The smallest absolute Gasteiger partial charge is 0.200 e. The molecule has 0 fully saturated rings. The highest BCUT2D eigenvalue weighted by Crippen LogP contribution is 2.20. The van der Waals surface area contributed by atoms with Crippen LogP contribution < -0.4 is 0 Å². The second-order valence-corrected chi connectivity index (χ2v) is 7.47. The molecule has 30 heavy (non-hydrogen) atoms. The van der Waals surface area contributed by atoms with Crippen LogP contribution in [-0.4, -0.2) is 35.3 Å². The van der Waals surface area contributed by atoms with Crippen LogP contribution in [0.4, 0.5) is 0 Å². The van der Waals surface area contributed by atoms with Gasteiger partial charge >= 0.3 is 0 Å². The fraction of sp³-hybridized carbons (Fsp3) is 0.522. The van der Waals surface area contributed by atoms with Crippen molar-refractivity contribution in [2.24, 2.45) is 0 Å². The number of aromatic nitrogens is 7. The van der Waals surface area contributed by atoms with Crippen molar-refractivity contribution in [2.75, 3.05) is 0 Å². The Bertz CT molecular complexity index is 897. The van der Waals surface area contributed by atoms with E-state index in [1.165, 1.54) is 0 Å². The van der Waals surface area contributed by atoms with Crippen LogP contribution in [0.15, 0.2) is 18.2 Å². The number of pyridine rings is 1. The van der Waals surface area contributed by atoms with E-state index >= 15 is 0 Å². The average Bonchev–Trinajstić information content (AvgIpc) is 2.77. The third-order valence-electron chi connectivity index (χ3n) is 4.83. The number of hydrogen-bond acceptors (Lipinski definition) is 7. The first-order chi connectivity index (χ1) is 14.7. The van der Waals surface area contributed by atoms with Gasteiger partial charge in [0.15, 0.2) is 0 Å². The summed E-state index contributed by atoms with van der Waals surface area (Å²) in [7, 11) is 0. The Morgan fingerprint density at radius 1 is 0.500 bits per heavy atom. The van der Waals surface area contributed by atoms with Crippen LogP contribution in [0.5, 0.6) is 0 Å². The fourth-order valence-corrected chi connectivity index (χ4v) is 3.40. The van der Waals surface area contributed by atoms with Crippen molar-refractivity contribution in [2.45, 2.75) is 79.1 Å². The molecule has 0 aliphatic carbocycles. The molecule has 7 nitrogen and oxygen atoms in total. The van der Waals surface area contributed by atoms with Gasteiger partial charge in [0.2, 0.25) is 11.6 Å². The lowest BCUT2D eigenvalue weighted by Crippen LogP contribution is -2.08. The highest BCUT2D eigenvalue weighted by molar-refractivity contribution is 5.57. The minimum Gasteiger partial charge on any atom is -0.241 e. The third kappa shape index (κ3) is 5.20. The van der Waals surface area contributed by atoms with Gasteiger partial charge in [-0.1, -0.05) is 59.4 Å². The van der Waals surface area contributed by atoms with E-state index in [0.717, 1.165) is 74.1 Å². The van der Waals surface area contributed by atoms with Gasteiger partial charge in [-0.05, 0) is 37.8 Å². The maximum absolute atomic E-state index is 4.78. The molecule has 0 bridgehead atoms. The molecule has 0 radical (unpaired) electrons. The molecule has 0 saturated carbocycles. The van der Waals surface area contributed by atoms with Gasteiger partial charge in [0.25, 0.3) is 0 Å². The van der Waals surface area contributed by atoms with E-state index in [4.69, 9.17) is 15.0 Å². The number of rotatable bonds is 10. The van der Waals surface area contributed by atoms with E-state index in [1.807, 2.05) is 18.2 Å². The normalized spacial score (nSPS) is 11.1. The number of aryl methyl sites for hydroxylation is 4.